The molecule has 2 aromatic carbocycles. The molecular weight excluding hydrogens is 372 g/mol. The number of methoxy groups -OCH3 is 2. The highest BCUT2D eigenvalue weighted by Gasteiger charge is 2.50. The quantitative estimate of drug-likeness (QED) is 0.781. The minimum absolute atomic E-state index is 0.0349. The molecule has 7 heteroatoms. The number of para-hydroxylation sites is 2. The molecule has 0 radical (unpaired) electrons. The largest absolute Gasteiger partial charge is 0.495 e. The Morgan fingerprint density at radius 1 is 1.03 bits per heavy atom. The minimum atomic E-state index is -0.837. The maximum absolute atomic E-state index is 12.8. The summed E-state index contributed by atoms with van der Waals surface area (Å²) in [5.74, 6) is -0.622. The molecule has 1 atom stereocenters. The molecule has 3 rings (SSSR count). The van der Waals surface area contributed by atoms with Crippen LogP contribution in [0.4, 0.5) is 10.5 Å². The summed E-state index contributed by atoms with van der Waals surface area (Å²) in [7, 11) is 2.78. The zero-order valence-corrected chi connectivity index (χ0v) is 16.8. The summed E-state index contributed by atoms with van der Waals surface area (Å²) >= 11 is 0. The van der Waals surface area contributed by atoms with Crippen LogP contribution in [-0.2, 0) is 14.3 Å². The highest BCUT2D eigenvalue weighted by atomic mass is 16.5. The maximum Gasteiger partial charge on any atom is 0.339 e. The van der Waals surface area contributed by atoms with Crippen LogP contribution in [0.2, 0.25) is 0 Å². The van der Waals surface area contributed by atoms with E-state index >= 15 is 0 Å². The zero-order chi connectivity index (χ0) is 21.2. The predicted molar refractivity (Wildman–Crippen MR) is 108 cm³/mol. The number of esters is 1. The Hall–Kier alpha value is -3.48. The summed E-state index contributed by atoms with van der Waals surface area (Å²) in [6.07, 6.45) is 0. The molecule has 1 unspecified atom stereocenters. The Balaban J connectivity index is 2.27. The molecule has 1 aliphatic heterocycles. The van der Waals surface area contributed by atoms with E-state index in [1.807, 2.05) is 44.2 Å². The number of rotatable bonds is 5. The van der Waals surface area contributed by atoms with Crippen LogP contribution in [0.25, 0.3) is 0 Å². The third-order valence-electron chi connectivity index (χ3n) is 4.86. The van der Waals surface area contributed by atoms with Crippen molar-refractivity contribution < 1.29 is 23.8 Å². The highest BCUT2D eigenvalue weighted by molar-refractivity contribution is 6.00. The van der Waals surface area contributed by atoms with Crippen LogP contribution in [0.1, 0.15) is 25.3 Å². The number of carbonyl (C=O) groups excluding carboxylic acids is 2. The summed E-state index contributed by atoms with van der Waals surface area (Å²) < 4.78 is 16.6. The zero-order valence-electron chi connectivity index (χ0n) is 16.8. The number of amides is 2. The molecule has 2 amide bonds. The first-order valence-corrected chi connectivity index (χ1v) is 9.10. The van der Waals surface area contributed by atoms with E-state index in [1.165, 1.54) is 14.2 Å². The van der Waals surface area contributed by atoms with Gasteiger partial charge in [-0.25, -0.2) is 14.5 Å². The number of nitrogens with two attached hydrogens (primary N) is 1. The van der Waals surface area contributed by atoms with Crippen LogP contribution in [0.3, 0.4) is 0 Å². The van der Waals surface area contributed by atoms with Gasteiger partial charge in [0.25, 0.3) is 0 Å². The number of carbonyl (C=O) groups is 2. The molecule has 1 heterocycles. The van der Waals surface area contributed by atoms with Gasteiger partial charge in [-0.3, -0.25) is 0 Å². The second-order valence-corrected chi connectivity index (χ2v) is 7.11. The number of benzene rings is 2. The van der Waals surface area contributed by atoms with Crippen molar-refractivity contribution in [3.8, 4) is 5.75 Å². The average molecular weight is 396 g/mol. The first kappa shape index (κ1) is 20.3. The number of primary amides is 1. The summed E-state index contributed by atoms with van der Waals surface area (Å²) in [6.45, 7) is 3.70. The van der Waals surface area contributed by atoms with Gasteiger partial charge in [-0.15, -0.1) is 0 Å². The summed E-state index contributed by atoms with van der Waals surface area (Å²) in [4.78, 5) is 26.5. The summed E-state index contributed by atoms with van der Waals surface area (Å²) in [6, 6.07) is 15.5. The molecule has 152 valence electrons. The number of urea groups is 1. The average Bonchev–Trinajstić information content (AvgIpc) is 2.99. The fraction of sp³-hybridized carbons (Fsp3) is 0.273. The van der Waals surface area contributed by atoms with Gasteiger partial charge in [0.1, 0.15) is 16.9 Å². The third-order valence-corrected chi connectivity index (χ3v) is 4.86. The monoisotopic (exact) mass is 396 g/mol. The molecule has 7 nitrogen and oxygen atoms in total. The van der Waals surface area contributed by atoms with Gasteiger partial charge in [0.15, 0.2) is 0 Å². The van der Waals surface area contributed by atoms with Crippen molar-refractivity contribution >= 4 is 17.7 Å². The molecule has 1 aliphatic rings. The van der Waals surface area contributed by atoms with E-state index in [0.29, 0.717) is 11.4 Å². The number of hydrogen-bond acceptors (Lipinski definition) is 5. The summed E-state index contributed by atoms with van der Waals surface area (Å²) in [5.41, 5.74) is 6.32. The number of hydrogen-bond donors (Lipinski definition) is 1. The second kappa shape index (κ2) is 7.87. The van der Waals surface area contributed by atoms with Crippen molar-refractivity contribution in [2.75, 3.05) is 19.1 Å². The van der Waals surface area contributed by atoms with Crippen LogP contribution in [0, 0.1) is 0 Å². The van der Waals surface area contributed by atoms with Crippen molar-refractivity contribution in [3.63, 3.8) is 0 Å². The molecule has 0 saturated heterocycles. The second-order valence-electron chi connectivity index (χ2n) is 7.11. The maximum atomic E-state index is 12.8. The van der Waals surface area contributed by atoms with E-state index < -0.39 is 23.5 Å². The van der Waals surface area contributed by atoms with E-state index in [4.69, 9.17) is 19.9 Å². The van der Waals surface area contributed by atoms with Crippen LogP contribution >= 0.6 is 0 Å². The molecule has 2 aromatic rings. The van der Waals surface area contributed by atoms with Gasteiger partial charge in [0.05, 0.1) is 25.8 Å². The molecule has 0 saturated carbocycles. The van der Waals surface area contributed by atoms with Gasteiger partial charge in [0, 0.05) is 0 Å². The van der Waals surface area contributed by atoms with Crippen LogP contribution < -0.4 is 15.4 Å². The molecule has 0 spiro atoms. The lowest BCUT2D eigenvalue weighted by atomic mass is 9.81. The van der Waals surface area contributed by atoms with Crippen LogP contribution in [0.5, 0.6) is 5.75 Å². The number of nitrogens with zero attached hydrogens (tertiary/aromatic N) is 1. The van der Waals surface area contributed by atoms with E-state index in [-0.39, 0.29) is 11.5 Å². The molecule has 0 bridgehead atoms. The van der Waals surface area contributed by atoms with Gasteiger partial charge in [0.2, 0.25) is 5.88 Å². The van der Waals surface area contributed by atoms with Crippen molar-refractivity contribution in [2.45, 2.75) is 25.4 Å². The molecule has 29 heavy (non-hydrogen) atoms. The smallest absolute Gasteiger partial charge is 0.339 e. The van der Waals surface area contributed by atoms with E-state index in [9.17, 15) is 9.59 Å². The lowest BCUT2D eigenvalue weighted by Crippen LogP contribution is -2.37. The number of anilines is 1. The molecular formula is C22H24N2O5. The topological polar surface area (TPSA) is 91.1 Å². The van der Waals surface area contributed by atoms with Gasteiger partial charge in [-0.05, 0) is 31.5 Å². The minimum Gasteiger partial charge on any atom is -0.495 e. The Morgan fingerprint density at radius 3 is 2.24 bits per heavy atom. The molecule has 2 N–H and O–H groups in total. The van der Waals surface area contributed by atoms with Crippen molar-refractivity contribution in [1.82, 2.24) is 0 Å². The lowest BCUT2D eigenvalue weighted by molar-refractivity contribution is -0.136. The van der Waals surface area contributed by atoms with Crippen LogP contribution in [0.15, 0.2) is 66.1 Å². The Kier molecular flexibility index (Phi) is 5.50. The van der Waals surface area contributed by atoms with E-state index in [1.54, 1.807) is 24.3 Å². The van der Waals surface area contributed by atoms with E-state index in [2.05, 4.69) is 0 Å². The third kappa shape index (κ3) is 3.63. The Bertz CT molecular complexity index is 953. The number of ether oxygens (including phenoxy) is 3. The van der Waals surface area contributed by atoms with Crippen molar-refractivity contribution in [3.05, 3.63) is 71.6 Å². The molecule has 0 fully saturated rings. The highest BCUT2D eigenvalue weighted by Crippen LogP contribution is 2.48. The molecule has 0 aliphatic carbocycles. The van der Waals surface area contributed by atoms with Gasteiger partial charge in [-0.2, -0.15) is 0 Å². The molecule has 0 aromatic heterocycles. The lowest BCUT2D eigenvalue weighted by Gasteiger charge is -2.29. The fourth-order valence-electron chi connectivity index (χ4n) is 3.67. The standard InChI is InChI=1S/C22H24N2O5/c1-22(2)18(14-10-6-5-7-11-14)17(20(25)28-4)19(29-22)24(21(23)26)15-12-8-9-13-16(15)27-3/h5-13,18H,1-4H3,(H2,23,26). The Labute approximate surface area is 169 Å². The first-order valence-electron chi connectivity index (χ1n) is 9.10. The first-order chi connectivity index (χ1) is 13.8. The van der Waals surface area contributed by atoms with Gasteiger partial charge in [-0.1, -0.05) is 42.5 Å². The van der Waals surface area contributed by atoms with Crippen LogP contribution in [-0.4, -0.2) is 31.8 Å². The Morgan fingerprint density at radius 2 is 1.66 bits per heavy atom. The van der Waals surface area contributed by atoms with E-state index in [0.717, 1.165) is 10.5 Å². The van der Waals surface area contributed by atoms with Gasteiger partial charge < -0.3 is 19.9 Å². The predicted octanol–water partition coefficient (Wildman–Crippen LogP) is 3.56. The normalized spacial score (nSPS) is 17.4. The van der Waals surface area contributed by atoms with Gasteiger partial charge >= 0.3 is 12.0 Å². The fourth-order valence-corrected chi connectivity index (χ4v) is 3.67. The summed E-state index contributed by atoms with van der Waals surface area (Å²) in [5, 5.41) is 0. The SMILES string of the molecule is COC(=O)C1=C(N(C(N)=O)c2ccccc2OC)OC(C)(C)C1c1ccccc1. The van der Waals surface area contributed by atoms with Crippen molar-refractivity contribution in [2.24, 2.45) is 5.73 Å². The van der Waals surface area contributed by atoms with Crippen molar-refractivity contribution in [1.29, 1.82) is 0 Å².